The van der Waals surface area contributed by atoms with Gasteiger partial charge in [-0.15, -0.1) is 0 Å². The molecule has 3 heteroatoms. The lowest BCUT2D eigenvalue weighted by Crippen LogP contribution is -2.01. The maximum Gasteiger partial charge on any atom is 0.161 e. The first-order valence-corrected chi connectivity index (χ1v) is 7.50. The maximum atomic E-state index is 11.3. The third-order valence-electron chi connectivity index (χ3n) is 3.33. The molecule has 0 aromatic heterocycles. The van der Waals surface area contributed by atoms with E-state index in [9.17, 15) is 4.79 Å². The summed E-state index contributed by atoms with van der Waals surface area (Å²) >= 11 is 0. The summed E-state index contributed by atoms with van der Waals surface area (Å²) in [4.78, 5) is 11.3. The molecule has 0 spiro atoms. The molecule has 0 saturated heterocycles. The van der Waals surface area contributed by atoms with E-state index in [-0.39, 0.29) is 5.78 Å². The van der Waals surface area contributed by atoms with Crippen molar-refractivity contribution in [3.63, 3.8) is 0 Å². The number of benzene rings is 1. The first kappa shape index (κ1) is 16.5. The minimum atomic E-state index is 0.0331. The fourth-order valence-corrected chi connectivity index (χ4v) is 2.07. The van der Waals surface area contributed by atoms with E-state index < -0.39 is 0 Å². The van der Waals surface area contributed by atoms with Crippen LogP contribution in [-0.4, -0.2) is 19.5 Å². The molecule has 0 unspecified atom stereocenters. The second kappa shape index (κ2) is 9.40. The average Bonchev–Trinajstić information content (AvgIpc) is 2.46. The molecule has 1 aromatic rings. The predicted octanol–water partition coefficient (Wildman–Crippen LogP) is 4.64. The van der Waals surface area contributed by atoms with Crippen molar-refractivity contribution in [3.05, 3.63) is 23.8 Å². The molecule has 0 radical (unpaired) electrons. The van der Waals surface area contributed by atoms with Crippen LogP contribution in [0.5, 0.6) is 11.5 Å². The quantitative estimate of drug-likeness (QED) is 0.462. The minimum absolute atomic E-state index is 0.0331. The monoisotopic (exact) mass is 278 g/mol. The van der Waals surface area contributed by atoms with Gasteiger partial charge in [0.15, 0.2) is 17.3 Å². The number of carbonyl (C=O) groups is 1. The molecule has 0 saturated carbocycles. The van der Waals surface area contributed by atoms with Gasteiger partial charge in [-0.3, -0.25) is 4.79 Å². The second-order valence-electron chi connectivity index (χ2n) is 5.04. The number of carbonyl (C=O) groups excluding carboxylic acids is 1. The Morgan fingerprint density at radius 3 is 2.40 bits per heavy atom. The summed E-state index contributed by atoms with van der Waals surface area (Å²) < 4.78 is 11.0. The molecule has 0 aliphatic heterocycles. The Morgan fingerprint density at radius 2 is 1.75 bits per heavy atom. The highest BCUT2D eigenvalue weighted by Crippen LogP contribution is 2.28. The Labute approximate surface area is 122 Å². The van der Waals surface area contributed by atoms with Crippen molar-refractivity contribution < 1.29 is 14.3 Å². The highest BCUT2D eigenvalue weighted by Gasteiger charge is 2.08. The van der Waals surface area contributed by atoms with Crippen LogP contribution >= 0.6 is 0 Å². The smallest absolute Gasteiger partial charge is 0.161 e. The standard InChI is InChI=1S/C17H26O3/c1-4-5-6-7-8-9-12-20-16-11-10-15(14(2)18)13-17(16)19-3/h10-11,13H,4-9,12H2,1-3H3. The molecule has 0 amide bonds. The zero-order chi connectivity index (χ0) is 14.8. The van der Waals surface area contributed by atoms with E-state index in [4.69, 9.17) is 9.47 Å². The fourth-order valence-electron chi connectivity index (χ4n) is 2.07. The Morgan fingerprint density at radius 1 is 1.05 bits per heavy atom. The van der Waals surface area contributed by atoms with Crippen LogP contribution in [0.2, 0.25) is 0 Å². The van der Waals surface area contributed by atoms with Crippen LogP contribution in [-0.2, 0) is 0 Å². The highest BCUT2D eigenvalue weighted by atomic mass is 16.5. The number of hydrogen-bond acceptors (Lipinski definition) is 3. The number of Topliss-reactive ketones (excluding diaryl/α,β-unsaturated/α-hetero) is 1. The van der Waals surface area contributed by atoms with Gasteiger partial charge in [0.05, 0.1) is 13.7 Å². The molecule has 20 heavy (non-hydrogen) atoms. The van der Waals surface area contributed by atoms with E-state index in [0.29, 0.717) is 23.7 Å². The normalized spacial score (nSPS) is 10.3. The summed E-state index contributed by atoms with van der Waals surface area (Å²) in [5.41, 5.74) is 0.647. The van der Waals surface area contributed by atoms with E-state index >= 15 is 0 Å². The van der Waals surface area contributed by atoms with Gasteiger partial charge in [0.1, 0.15) is 0 Å². The van der Waals surface area contributed by atoms with Gasteiger partial charge in [-0.1, -0.05) is 39.0 Å². The molecule has 1 rings (SSSR count). The van der Waals surface area contributed by atoms with Crippen molar-refractivity contribution in [2.45, 2.75) is 52.4 Å². The van der Waals surface area contributed by atoms with Gasteiger partial charge in [-0.05, 0) is 31.5 Å². The van der Waals surface area contributed by atoms with Crippen molar-refractivity contribution in [3.8, 4) is 11.5 Å². The van der Waals surface area contributed by atoms with E-state index in [0.717, 1.165) is 6.42 Å². The number of ether oxygens (including phenoxy) is 2. The second-order valence-corrected chi connectivity index (χ2v) is 5.04. The van der Waals surface area contributed by atoms with Gasteiger partial charge >= 0.3 is 0 Å². The molecule has 3 nitrogen and oxygen atoms in total. The zero-order valence-corrected chi connectivity index (χ0v) is 12.9. The van der Waals surface area contributed by atoms with Crippen molar-refractivity contribution in [1.29, 1.82) is 0 Å². The molecule has 0 fully saturated rings. The summed E-state index contributed by atoms with van der Waals surface area (Å²) in [5, 5.41) is 0. The van der Waals surface area contributed by atoms with Crippen LogP contribution < -0.4 is 9.47 Å². The highest BCUT2D eigenvalue weighted by molar-refractivity contribution is 5.94. The van der Waals surface area contributed by atoms with Crippen molar-refractivity contribution in [2.24, 2.45) is 0 Å². The topological polar surface area (TPSA) is 35.5 Å². The third-order valence-corrected chi connectivity index (χ3v) is 3.33. The summed E-state index contributed by atoms with van der Waals surface area (Å²) in [7, 11) is 1.59. The van der Waals surface area contributed by atoms with E-state index in [1.54, 1.807) is 26.2 Å². The van der Waals surface area contributed by atoms with Crippen molar-refractivity contribution in [1.82, 2.24) is 0 Å². The Bertz CT molecular complexity index is 413. The average molecular weight is 278 g/mol. The summed E-state index contributed by atoms with van der Waals surface area (Å²) in [6.45, 7) is 4.47. The molecule has 0 heterocycles. The van der Waals surface area contributed by atoms with Crippen LogP contribution in [0.4, 0.5) is 0 Å². The Balaban J connectivity index is 2.38. The van der Waals surface area contributed by atoms with E-state index in [1.165, 1.54) is 32.1 Å². The third kappa shape index (κ3) is 5.64. The number of ketones is 1. The first-order valence-electron chi connectivity index (χ1n) is 7.50. The number of methoxy groups -OCH3 is 1. The molecular formula is C17H26O3. The number of hydrogen-bond donors (Lipinski definition) is 0. The summed E-state index contributed by atoms with van der Waals surface area (Å²) in [5.74, 6) is 1.38. The maximum absolute atomic E-state index is 11.3. The molecule has 0 aliphatic carbocycles. The van der Waals surface area contributed by atoms with Crippen molar-refractivity contribution in [2.75, 3.05) is 13.7 Å². The Hall–Kier alpha value is -1.51. The largest absolute Gasteiger partial charge is 0.493 e. The predicted molar refractivity (Wildman–Crippen MR) is 81.9 cm³/mol. The molecule has 0 aliphatic rings. The zero-order valence-electron chi connectivity index (χ0n) is 12.9. The van der Waals surface area contributed by atoms with Crippen LogP contribution in [0.25, 0.3) is 0 Å². The van der Waals surface area contributed by atoms with Crippen LogP contribution in [0.15, 0.2) is 18.2 Å². The van der Waals surface area contributed by atoms with Crippen LogP contribution in [0, 0.1) is 0 Å². The van der Waals surface area contributed by atoms with Gasteiger partial charge in [-0.2, -0.15) is 0 Å². The van der Waals surface area contributed by atoms with Crippen LogP contribution in [0.1, 0.15) is 62.7 Å². The lowest BCUT2D eigenvalue weighted by molar-refractivity contribution is 0.101. The van der Waals surface area contributed by atoms with Crippen LogP contribution in [0.3, 0.4) is 0 Å². The van der Waals surface area contributed by atoms with Gasteiger partial charge < -0.3 is 9.47 Å². The van der Waals surface area contributed by atoms with Gasteiger partial charge in [-0.25, -0.2) is 0 Å². The lowest BCUT2D eigenvalue weighted by Gasteiger charge is -2.11. The minimum Gasteiger partial charge on any atom is -0.493 e. The number of rotatable bonds is 10. The number of unbranched alkanes of at least 4 members (excludes halogenated alkanes) is 5. The molecular weight excluding hydrogens is 252 g/mol. The van der Waals surface area contributed by atoms with E-state index in [1.807, 2.05) is 6.07 Å². The SMILES string of the molecule is CCCCCCCCOc1ccc(C(C)=O)cc1OC. The molecule has 0 atom stereocenters. The van der Waals surface area contributed by atoms with E-state index in [2.05, 4.69) is 6.92 Å². The molecule has 0 N–H and O–H groups in total. The lowest BCUT2D eigenvalue weighted by atomic mass is 10.1. The summed E-state index contributed by atoms with van der Waals surface area (Å²) in [6.07, 6.45) is 7.44. The van der Waals surface area contributed by atoms with Gasteiger partial charge in [0.25, 0.3) is 0 Å². The fraction of sp³-hybridized carbons (Fsp3) is 0.588. The first-order chi connectivity index (χ1) is 9.69. The molecule has 112 valence electrons. The van der Waals surface area contributed by atoms with Gasteiger partial charge in [0.2, 0.25) is 0 Å². The molecule has 0 bridgehead atoms. The van der Waals surface area contributed by atoms with Gasteiger partial charge in [0, 0.05) is 5.56 Å². The van der Waals surface area contributed by atoms with Crippen molar-refractivity contribution >= 4 is 5.78 Å². The Kier molecular flexibility index (Phi) is 7.78. The molecule has 1 aromatic carbocycles. The summed E-state index contributed by atoms with van der Waals surface area (Å²) in [6, 6.07) is 5.33.